The summed E-state index contributed by atoms with van der Waals surface area (Å²) in [7, 11) is 0. The van der Waals surface area contributed by atoms with Gasteiger partial charge in [-0.05, 0) is 10.1 Å². The first-order valence-corrected chi connectivity index (χ1v) is 5.63. The molecule has 0 spiro atoms. The van der Waals surface area contributed by atoms with E-state index in [-0.39, 0.29) is 26.5 Å². The van der Waals surface area contributed by atoms with Crippen LogP contribution in [0.15, 0.2) is 23.2 Å². The lowest BCUT2D eigenvalue weighted by Crippen LogP contribution is -1.87. The molecule has 0 saturated heterocycles. The van der Waals surface area contributed by atoms with Crippen LogP contribution in [-0.2, 0) is 0 Å². The Balaban J connectivity index is 2.70. The van der Waals surface area contributed by atoms with Crippen molar-refractivity contribution in [2.24, 2.45) is 4.99 Å². The predicted octanol–water partition coefficient (Wildman–Crippen LogP) is 2.62. The third-order valence-electron chi connectivity index (χ3n) is 1.43. The smallest absolute Gasteiger partial charge is 0.149 e. The summed E-state index contributed by atoms with van der Waals surface area (Å²) in [4.78, 5) is 4.01. The van der Waals surface area contributed by atoms with Crippen molar-refractivity contribution in [3.63, 3.8) is 0 Å². The van der Waals surface area contributed by atoms with Crippen molar-refractivity contribution in [2.75, 3.05) is 0 Å². The van der Waals surface area contributed by atoms with E-state index in [2.05, 4.69) is 9.00 Å². The number of fused-ring (bicyclic) bond motifs is 1. The molecule has 0 fully saturated rings. The molecule has 0 aromatic heterocycles. The molecule has 0 radical (unpaired) electrons. The van der Waals surface area contributed by atoms with Gasteiger partial charge in [0.25, 0.3) is 0 Å². The molecule has 0 amide bonds. The monoisotopic (exact) mass is 261 g/mol. The summed E-state index contributed by atoms with van der Waals surface area (Å²) < 4.78 is 16.8. The number of aliphatic imine (C=N–C) groups is 1. The number of hydrogen-bond donors (Lipinski definition) is 0. The van der Waals surface area contributed by atoms with Gasteiger partial charge in [-0.25, -0.2) is 9.38 Å². The number of halogens is 2. The second-order valence-corrected chi connectivity index (χ2v) is 4.04. The number of benzene rings is 1. The minimum absolute atomic E-state index is 0.0704. The summed E-state index contributed by atoms with van der Waals surface area (Å²) in [5.74, 6) is -0.223. The summed E-state index contributed by atoms with van der Waals surface area (Å²) in [6, 6.07) is 5.05. The number of rotatable bonds is 0. The molecule has 0 saturated carbocycles. The maximum absolute atomic E-state index is 12.9. The highest BCUT2D eigenvalue weighted by molar-refractivity contribution is 14.2. The normalized spacial score (nSPS) is 13.9. The van der Waals surface area contributed by atoms with Gasteiger partial charge in [0.15, 0.2) is 0 Å². The van der Waals surface area contributed by atoms with Crippen LogP contribution >= 0.6 is 20.7 Å². The zero-order chi connectivity index (χ0) is 7.68. The molecule has 0 atom stereocenters. The minimum Gasteiger partial charge on any atom is -0.247 e. The maximum Gasteiger partial charge on any atom is 0.149 e. The molecule has 3 heteroatoms. The van der Waals surface area contributed by atoms with Gasteiger partial charge >= 0.3 is 0 Å². The molecular formula is C8H5FIN. The lowest BCUT2D eigenvalue weighted by molar-refractivity contribution is 0.630. The van der Waals surface area contributed by atoms with Gasteiger partial charge in [0.05, 0.1) is 4.22 Å². The number of para-hydroxylation sites is 1. The van der Waals surface area contributed by atoms with Gasteiger partial charge in [0, 0.05) is 5.56 Å². The summed E-state index contributed by atoms with van der Waals surface area (Å²) in [6.45, 7) is 0. The molecule has 1 aromatic carbocycles. The van der Waals surface area contributed by atoms with Crippen LogP contribution in [0.1, 0.15) is 5.56 Å². The Morgan fingerprint density at radius 1 is 1.36 bits per heavy atom. The van der Waals surface area contributed by atoms with E-state index < -0.39 is 0 Å². The lowest BCUT2D eigenvalue weighted by Gasteiger charge is -2.03. The molecule has 11 heavy (non-hydrogen) atoms. The SMILES string of the molecule is Fc1cccc2c1N=CI=C2. The van der Waals surface area contributed by atoms with E-state index in [4.69, 9.17) is 0 Å². The van der Waals surface area contributed by atoms with Crippen LogP contribution in [0, 0.1) is 5.82 Å². The highest BCUT2D eigenvalue weighted by Gasteiger charge is 2.05. The Morgan fingerprint density at radius 3 is 3.09 bits per heavy atom. The van der Waals surface area contributed by atoms with Gasteiger partial charge in [-0.1, -0.05) is 32.9 Å². The van der Waals surface area contributed by atoms with Crippen molar-refractivity contribution in [1.82, 2.24) is 0 Å². The van der Waals surface area contributed by atoms with Crippen LogP contribution in [0.4, 0.5) is 10.1 Å². The molecular weight excluding hydrogens is 256 g/mol. The van der Waals surface area contributed by atoms with Crippen molar-refractivity contribution in [2.45, 2.75) is 0 Å². The highest BCUT2D eigenvalue weighted by atomic mass is 127. The van der Waals surface area contributed by atoms with E-state index in [0.717, 1.165) is 5.56 Å². The van der Waals surface area contributed by atoms with Gasteiger partial charge in [-0.3, -0.25) is 0 Å². The van der Waals surface area contributed by atoms with Gasteiger partial charge in [-0.15, -0.1) is 0 Å². The fraction of sp³-hybridized carbons (Fsp3) is 0. The Hall–Kier alpha value is -0.580. The van der Waals surface area contributed by atoms with Gasteiger partial charge < -0.3 is 0 Å². The molecule has 0 N–H and O–H groups in total. The average molecular weight is 261 g/mol. The van der Waals surface area contributed by atoms with Gasteiger partial charge in [0.1, 0.15) is 11.5 Å². The summed E-state index contributed by atoms with van der Waals surface area (Å²) in [5.41, 5.74) is 1.44. The van der Waals surface area contributed by atoms with Gasteiger partial charge in [-0.2, -0.15) is 0 Å². The predicted molar refractivity (Wildman–Crippen MR) is 53.7 cm³/mol. The van der Waals surface area contributed by atoms with Crippen LogP contribution in [0.2, 0.25) is 0 Å². The van der Waals surface area contributed by atoms with Crippen LogP contribution in [0.5, 0.6) is 0 Å². The van der Waals surface area contributed by atoms with E-state index in [1.807, 2.05) is 10.3 Å². The Bertz CT molecular complexity index is 344. The van der Waals surface area contributed by atoms with Crippen molar-refractivity contribution in [3.05, 3.63) is 29.6 Å². The van der Waals surface area contributed by atoms with Crippen LogP contribution in [0.3, 0.4) is 0 Å². The first-order valence-electron chi connectivity index (χ1n) is 3.14. The third-order valence-corrected chi connectivity index (χ3v) is 3.06. The van der Waals surface area contributed by atoms with Crippen molar-refractivity contribution >= 4 is 34.7 Å². The van der Waals surface area contributed by atoms with E-state index in [1.165, 1.54) is 6.07 Å². The molecule has 2 rings (SSSR count). The van der Waals surface area contributed by atoms with Crippen LogP contribution < -0.4 is 0 Å². The molecule has 1 heterocycles. The van der Waals surface area contributed by atoms with Crippen LogP contribution in [0.25, 0.3) is 0 Å². The van der Waals surface area contributed by atoms with Crippen molar-refractivity contribution in [3.8, 4) is 0 Å². The Kier molecular flexibility index (Phi) is 1.81. The zero-order valence-electron chi connectivity index (χ0n) is 5.59. The topological polar surface area (TPSA) is 12.4 Å². The highest BCUT2D eigenvalue weighted by Crippen LogP contribution is 2.25. The summed E-state index contributed by atoms with van der Waals surface area (Å²) in [6.07, 6.45) is 0. The van der Waals surface area contributed by atoms with Gasteiger partial charge in [0.2, 0.25) is 0 Å². The van der Waals surface area contributed by atoms with E-state index >= 15 is 0 Å². The largest absolute Gasteiger partial charge is 0.247 e. The quantitative estimate of drug-likeness (QED) is 0.636. The first-order chi connectivity index (χ1) is 5.38. The Morgan fingerprint density at radius 2 is 2.27 bits per heavy atom. The summed E-state index contributed by atoms with van der Waals surface area (Å²) >= 11 is -0.0704. The van der Waals surface area contributed by atoms with E-state index in [0.29, 0.717) is 5.69 Å². The fourth-order valence-electron chi connectivity index (χ4n) is 0.929. The standard InChI is InChI=1S/C8H5FIN/c9-7-3-1-2-6-4-10-5-11-8(6)7/h1-5H. The maximum atomic E-state index is 12.9. The Labute approximate surface area is 73.7 Å². The summed E-state index contributed by atoms with van der Waals surface area (Å²) in [5, 5.41) is 0. The molecule has 1 aliphatic heterocycles. The second-order valence-electron chi connectivity index (χ2n) is 2.14. The number of nitrogens with zero attached hydrogens (tertiary/aromatic N) is 1. The zero-order valence-corrected chi connectivity index (χ0v) is 7.75. The third kappa shape index (κ3) is 1.24. The molecule has 0 aliphatic carbocycles. The molecule has 0 bridgehead atoms. The fourth-order valence-corrected chi connectivity index (χ4v) is 2.42. The van der Waals surface area contributed by atoms with Crippen molar-refractivity contribution in [1.29, 1.82) is 0 Å². The van der Waals surface area contributed by atoms with Crippen LogP contribution in [-0.4, -0.2) is 8.23 Å². The van der Waals surface area contributed by atoms with E-state index in [9.17, 15) is 4.39 Å². The first kappa shape index (κ1) is 7.09. The average Bonchev–Trinajstić information content (AvgIpc) is 2.06. The van der Waals surface area contributed by atoms with Crippen molar-refractivity contribution < 1.29 is 4.39 Å². The minimum atomic E-state index is -0.223. The molecule has 56 valence electrons. The lowest BCUT2D eigenvalue weighted by atomic mass is 10.2. The van der Waals surface area contributed by atoms with E-state index in [1.54, 1.807) is 6.07 Å². The second kappa shape index (κ2) is 2.81. The molecule has 1 nitrogen and oxygen atoms in total. The molecule has 1 aromatic rings. The number of hydrogen-bond acceptors (Lipinski definition) is 1. The molecule has 0 unspecified atom stereocenters. The molecule has 1 aliphatic rings.